The molecular weight excluding hydrogens is 172 g/mol. The molecule has 0 radical (unpaired) electrons. The fourth-order valence-electron chi connectivity index (χ4n) is 1.37. The fraction of sp³-hybridized carbons (Fsp3) is 0.846. The highest BCUT2D eigenvalue weighted by molar-refractivity contribution is 4.76. The summed E-state index contributed by atoms with van der Waals surface area (Å²) in [5.41, 5.74) is 0. The maximum Gasteiger partial charge on any atom is 0.0466 e. The van der Waals surface area contributed by atoms with Crippen molar-refractivity contribution in [2.75, 3.05) is 13.2 Å². The van der Waals surface area contributed by atoms with Crippen LogP contribution in [0.3, 0.4) is 0 Å². The van der Waals surface area contributed by atoms with E-state index in [4.69, 9.17) is 4.74 Å². The van der Waals surface area contributed by atoms with E-state index in [-0.39, 0.29) is 0 Å². The zero-order valence-corrected chi connectivity index (χ0v) is 9.93. The Morgan fingerprint density at radius 1 is 0.929 bits per heavy atom. The molecule has 0 saturated carbocycles. The van der Waals surface area contributed by atoms with E-state index < -0.39 is 0 Å². The van der Waals surface area contributed by atoms with Crippen molar-refractivity contribution < 1.29 is 4.74 Å². The predicted molar refractivity (Wildman–Crippen MR) is 63.6 cm³/mol. The van der Waals surface area contributed by atoms with Crippen LogP contribution in [0.1, 0.15) is 58.8 Å². The van der Waals surface area contributed by atoms with E-state index in [1.807, 2.05) is 0 Å². The van der Waals surface area contributed by atoms with E-state index in [1.54, 1.807) is 0 Å². The molecule has 0 N–H and O–H groups in total. The van der Waals surface area contributed by atoms with Gasteiger partial charge in [0.1, 0.15) is 0 Å². The van der Waals surface area contributed by atoms with Crippen LogP contribution in [0.4, 0.5) is 0 Å². The lowest BCUT2D eigenvalue weighted by Crippen LogP contribution is -1.96. The molecule has 1 heteroatoms. The van der Waals surface area contributed by atoms with Crippen molar-refractivity contribution >= 4 is 0 Å². The number of allylic oxidation sites excluding steroid dienone is 2. The molecule has 84 valence electrons. The SMILES string of the molecule is C/C=C\CCCCCOCCCCC. The van der Waals surface area contributed by atoms with Crippen LogP contribution in [0.5, 0.6) is 0 Å². The Bertz CT molecular complexity index is 118. The molecule has 0 rings (SSSR count). The number of ether oxygens (including phenoxy) is 1. The second kappa shape index (κ2) is 12.7. The van der Waals surface area contributed by atoms with E-state index in [2.05, 4.69) is 26.0 Å². The average Bonchev–Trinajstić information content (AvgIpc) is 2.21. The van der Waals surface area contributed by atoms with Crippen LogP contribution < -0.4 is 0 Å². The fourth-order valence-corrected chi connectivity index (χ4v) is 1.37. The molecular formula is C13H26O. The van der Waals surface area contributed by atoms with Gasteiger partial charge in [-0.25, -0.2) is 0 Å². The summed E-state index contributed by atoms with van der Waals surface area (Å²) in [5, 5.41) is 0. The molecule has 14 heavy (non-hydrogen) atoms. The van der Waals surface area contributed by atoms with E-state index in [9.17, 15) is 0 Å². The lowest BCUT2D eigenvalue weighted by Gasteiger charge is -2.02. The predicted octanol–water partition coefficient (Wildman–Crippen LogP) is 4.33. The van der Waals surface area contributed by atoms with Crippen LogP contribution in [-0.4, -0.2) is 13.2 Å². The van der Waals surface area contributed by atoms with Gasteiger partial charge in [-0.3, -0.25) is 0 Å². The molecule has 0 aromatic carbocycles. The molecule has 0 amide bonds. The number of hydrogen-bond acceptors (Lipinski definition) is 1. The summed E-state index contributed by atoms with van der Waals surface area (Å²) < 4.78 is 5.52. The highest BCUT2D eigenvalue weighted by Gasteiger charge is 1.89. The average molecular weight is 198 g/mol. The molecule has 0 aromatic heterocycles. The van der Waals surface area contributed by atoms with Crippen LogP contribution in [-0.2, 0) is 4.74 Å². The number of unbranched alkanes of at least 4 members (excludes halogenated alkanes) is 5. The standard InChI is InChI=1S/C13H26O/c1-3-5-7-8-9-11-13-14-12-10-6-4-2/h3,5H,4,6-13H2,1-2H3/b5-3-. The summed E-state index contributed by atoms with van der Waals surface area (Å²) in [6, 6.07) is 0. The Morgan fingerprint density at radius 2 is 1.64 bits per heavy atom. The third-order valence-corrected chi connectivity index (χ3v) is 2.29. The Labute approximate surface area is 89.5 Å². The molecule has 0 spiro atoms. The zero-order valence-electron chi connectivity index (χ0n) is 9.93. The van der Waals surface area contributed by atoms with Gasteiger partial charge in [0.05, 0.1) is 0 Å². The highest BCUT2D eigenvalue weighted by atomic mass is 16.5. The maximum atomic E-state index is 5.52. The largest absolute Gasteiger partial charge is 0.381 e. The number of hydrogen-bond donors (Lipinski definition) is 0. The Hall–Kier alpha value is -0.300. The van der Waals surface area contributed by atoms with Crippen LogP contribution in [0.15, 0.2) is 12.2 Å². The second-order valence-electron chi connectivity index (χ2n) is 3.74. The van der Waals surface area contributed by atoms with Gasteiger partial charge in [-0.1, -0.05) is 38.3 Å². The molecule has 0 saturated heterocycles. The van der Waals surface area contributed by atoms with E-state index in [1.165, 1.54) is 44.9 Å². The van der Waals surface area contributed by atoms with Gasteiger partial charge in [0.2, 0.25) is 0 Å². The van der Waals surface area contributed by atoms with Gasteiger partial charge in [0, 0.05) is 13.2 Å². The number of rotatable bonds is 10. The summed E-state index contributed by atoms with van der Waals surface area (Å²) in [4.78, 5) is 0. The van der Waals surface area contributed by atoms with Gasteiger partial charge in [-0.15, -0.1) is 0 Å². The van der Waals surface area contributed by atoms with Crippen molar-refractivity contribution in [2.24, 2.45) is 0 Å². The molecule has 0 atom stereocenters. The van der Waals surface area contributed by atoms with Crippen LogP contribution in [0.2, 0.25) is 0 Å². The van der Waals surface area contributed by atoms with E-state index >= 15 is 0 Å². The lowest BCUT2D eigenvalue weighted by atomic mass is 10.2. The van der Waals surface area contributed by atoms with E-state index in [0.29, 0.717) is 0 Å². The Kier molecular flexibility index (Phi) is 12.4. The van der Waals surface area contributed by atoms with Crippen LogP contribution >= 0.6 is 0 Å². The molecule has 0 heterocycles. The topological polar surface area (TPSA) is 9.23 Å². The minimum absolute atomic E-state index is 0.958. The van der Waals surface area contributed by atoms with Gasteiger partial charge in [0.25, 0.3) is 0 Å². The van der Waals surface area contributed by atoms with Crippen molar-refractivity contribution in [2.45, 2.75) is 58.8 Å². The summed E-state index contributed by atoms with van der Waals surface area (Å²) in [5.74, 6) is 0. The molecule has 0 aliphatic carbocycles. The Morgan fingerprint density at radius 3 is 2.29 bits per heavy atom. The Balaban J connectivity index is 2.85. The summed E-state index contributed by atoms with van der Waals surface area (Å²) in [7, 11) is 0. The lowest BCUT2D eigenvalue weighted by molar-refractivity contribution is 0.126. The second-order valence-corrected chi connectivity index (χ2v) is 3.74. The first kappa shape index (κ1) is 13.7. The third-order valence-electron chi connectivity index (χ3n) is 2.29. The van der Waals surface area contributed by atoms with Crippen LogP contribution in [0, 0.1) is 0 Å². The van der Waals surface area contributed by atoms with Gasteiger partial charge in [-0.05, 0) is 32.6 Å². The molecule has 0 unspecified atom stereocenters. The van der Waals surface area contributed by atoms with Crippen molar-refractivity contribution in [3.8, 4) is 0 Å². The quantitative estimate of drug-likeness (QED) is 0.375. The highest BCUT2D eigenvalue weighted by Crippen LogP contribution is 2.01. The summed E-state index contributed by atoms with van der Waals surface area (Å²) >= 11 is 0. The monoisotopic (exact) mass is 198 g/mol. The minimum atomic E-state index is 0.958. The van der Waals surface area contributed by atoms with Crippen LogP contribution in [0.25, 0.3) is 0 Å². The van der Waals surface area contributed by atoms with Gasteiger partial charge in [-0.2, -0.15) is 0 Å². The van der Waals surface area contributed by atoms with Crippen molar-refractivity contribution in [1.82, 2.24) is 0 Å². The zero-order chi connectivity index (χ0) is 10.5. The first-order chi connectivity index (χ1) is 6.91. The first-order valence-corrected chi connectivity index (χ1v) is 6.10. The third kappa shape index (κ3) is 11.7. The molecule has 0 bridgehead atoms. The minimum Gasteiger partial charge on any atom is -0.381 e. The normalized spacial score (nSPS) is 11.3. The molecule has 0 fully saturated rings. The van der Waals surface area contributed by atoms with E-state index in [0.717, 1.165) is 13.2 Å². The molecule has 1 nitrogen and oxygen atoms in total. The van der Waals surface area contributed by atoms with Crippen molar-refractivity contribution in [1.29, 1.82) is 0 Å². The van der Waals surface area contributed by atoms with Crippen molar-refractivity contribution in [3.05, 3.63) is 12.2 Å². The molecule has 0 aliphatic heterocycles. The van der Waals surface area contributed by atoms with Gasteiger partial charge in [0.15, 0.2) is 0 Å². The smallest absolute Gasteiger partial charge is 0.0466 e. The first-order valence-electron chi connectivity index (χ1n) is 6.10. The summed E-state index contributed by atoms with van der Waals surface area (Å²) in [6.45, 7) is 6.22. The summed E-state index contributed by atoms with van der Waals surface area (Å²) in [6.07, 6.45) is 13.3. The maximum absolute atomic E-state index is 5.52. The van der Waals surface area contributed by atoms with Gasteiger partial charge >= 0.3 is 0 Å². The van der Waals surface area contributed by atoms with Gasteiger partial charge < -0.3 is 4.74 Å². The molecule has 0 aliphatic rings. The molecule has 0 aromatic rings. The van der Waals surface area contributed by atoms with Crippen molar-refractivity contribution in [3.63, 3.8) is 0 Å².